The molecular weight excluding hydrogens is 348 g/mol. The predicted octanol–water partition coefficient (Wildman–Crippen LogP) is 4.88. The zero-order chi connectivity index (χ0) is 19.3. The van der Waals surface area contributed by atoms with Crippen molar-refractivity contribution in [2.45, 2.75) is 20.5 Å². The average molecular weight is 368 g/mol. The molecule has 5 heteroatoms. The first-order valence-corrected chi connectivity index (χ1v) is 9.28. The van der Waals surface area contributed by atoms with Crippen LogP contribution in [0, 0.1) is 13.8 Å². The molecule has 0 spiro atoms. The number of H-pyrrole nitrogens is 2. The summed E-state index contributed by atoms with van der Waals surface area (Å²) in [6.45, 7) is 4.17. The van der Waals surface area contributed by atoms with Crippen molar-refractivity contribution >= 4 is 21.9 Å². The van der Waals surface area contributed by atoms with Crippen LogP contribution in [0.3, 0.4) is 0 Å². The lowest BCUT2D eigenvalue weighted by atomic mass is 9.94. The lowest BCUT2D eigenvalue weighted by molar-refractivity contribution is 0.282. The van der Waals surface area contributed by atoms with Crippen LogP contribution in [0.25, 0.3) is 44.6 Å². The van der Waals surface area contributed by atoms with Crippen molar-refractivity contribution in [1.82, 2.24) is 20.2 Å². The maximum absolute atomic E-state index is 9.80. The number of fused-ring (bicyclic) bond motifs is 2. The number of imidazole rings is 1. The number of nitrogens with one attached hydrogen (secondary N) is 2. The molecule has 2 aromatic heterocycles. The Hall–Kier alpha value is -3.44. The van der Waals surface area contributed by atoms with E-state index in [0.717, 1.165) is 50.1 Å². The van der Waals surface area contributed by atoms with Gasteiger partial charge in [0.2, 0.25) is 0 Å². The maximum Gasteiger partial charge on any atom is 0.159 e. The quantitative estimate of drug-likeness (QED) is 0.425. The maximum atomic E-state index is 9.80. The van der Waals surface area contributed by atoms with Crippen molar-refractivity contribution in [2.24, 2.45) is 0 Å². The third-order valence-electron chi connectivity index (χ3n) is 5.38. The van der Waals surface area contributed by atoms with Gasteiger partial charge in [0.05, 0.1) is 23.2 Å². The van der Waals surface area contributed by atoms with E-state index in [2.05, 4.69) is 64.3 Å². The molecule has 0 atom stereocenters. The zero-order valence-electron chi connectivity index (χ0n) is 15.7. The number of aromatic nitrogens is 4. The van der Waals surface area contributed by atoms with Crippen LogP contribution in [-0.4, -0.2) is 25.3 Å². The van der Waals surface area contributed by atoms with Gasteiger partial charge in [-0.1, -0.05) is 30.3 Å². The highest BCUT2D eigenvalue weighted by atomic mass is 16.3. The molecule has 5 nitrogen and oxygen atoms in total. The first kappa shape index (κ1) is 16.7. The van der Waals surface area contributed by atoms with E-state index < -0.39 is 0 Å². The van der Waals surface area contributed by atoms with Crippen molar-refractivity contribution in [3.8, 4) is 22.6 Å². The Labute approximate surface area is 162 Å². The second-order valence-corrected chi connectivity index (χ2v) is 7.19. The van der Waals surface area contributed by atoms with E-state index in [0.29, 0.717) is 0 Å². The molecule has 138 valence electrons. The predicted molar refractivity (Wildman–Crippen MR) is 112 cm³/mol. The standard InChI is InChI=1S/C23H20N4O/c1-13-9-16(12-28)18(10-14(13)2)15-7-8-17-21(11-15)26-27-22(17)23-24-19-5-3-4-6-20(19)25-23/h3-11,28H,12H2,1-2H3,(H,24,25)(H,26,27). The Morgan fingerprint density at radius 1 is 0.929 bits per heavy atom. The second-order valence-electron chi connectivity index (χ2n) is 7.19. The summed E-state index contributed by atoms with van der Waals surface area (Å²) in [5.74, 6) is 0.752. The molecular formula is C23H20N4O. The van der Waals surface area contributed by atoms with E-state index in [1.54, 1.807) is 0 Å². The summed E-state index contributed by atoms with van der Waals surface area (Å²) in [7, 11) is 0. The molecule has 5 aromatic rings. The van der Waals surface area contributed by atoms with Gasteiger partial charge in [-0.3, -0.25) is 5.10 Å². The van der Waals surface area contributed by atoms with Gasteiger partial charge in [-0.2, -0.15) is 5.10 Å². The zero-order valence-corrected chi connectivity index (χ0v) is 15.7. The first-order valence-electron chi connectivity index (χ1n) is 9.28. The van der Waals surface area contributed by atoms with Crippen LogP contribution in [-0.2, 0) is 6.61 Å². The van der Waals surface area contributed by atoms with Gasteiger partial charge < -0.3 is 10.1 Å². The fourth-order valence-corrected chi connectivity index (χ4v) is 3.71. The summed E-state index contributed by atoms with van der Waals surface area (Å²) in [6.07, 6.45) is 0. The molecule has 0 saturated carbocycles. The smallest absolute Gasteiger partial charge is 0.159 e. The molecule has 2 heterocycles. The van der Waals surface area contributed by atoms with Crippen molar-refractivity contribution in [2.75, 3.05) is 0 Å². The minimum Gasteiger partial charge on any atom is -0.392 e. The SMILES string of the molecule is Cc1cc(CO)c(-c2ccc3c(-c4nc5ccccc5[nH]4)n[nH]c3c2)cc1C. The minimum atomic E-state index is 0.0156. The van der Waals surface area contributed by atoms with Crippen LogP contribution in [0.15, 0.2) is 54.6 Å². The van der Waals surface area contributed by atoms with E-state index in [1.165, 1.54) is 11.1 Å². The van der Waals surface area contributed by atoms with E-state index >= 15 is 0 Å². The van der Waals surface area contributed by atoms with Gasteiger partial charge in [-0.25, -0.2) is 4.98 Å². The summed E-state index contributed by atoms with van der Waals surface area (Å²) in [6, 6.07) is 18.4. The molecule has 28 heavy (non-hydrogen) atoms. The largest absolute Gasteiger partial charge is 0.392 e. The molecule has 0 fully saturated rings. The molecule has 0 aliphatic carbocycles. The number of aromatic amines is 2. The fraction of sp³-hybridized carbons (Fsp3) is 0.130. The molecule has 0 aliphatic rings. The molecule has 0 radical (unpaired) electrons. The number of hydrogen-bond acceptors (Lipinski definition) is 3. The van der Waals surface area contributed by atoms with Gasteiger partial charge >= 0.3 is 0 Å². The highest BCUT2D eigenvalue weighted by Crippen LogP contribution is 2.32. The van der Waals surface area contributed by atoms with Crippen LogP contribution in [0.4, 0.5) is 0 Å². The van der Waals surface area contributed by atoms with Crippen LogP contribution in [0.2, 0.25) is 0 Å². The summed E-state index contributed by atoms with van der Waals surface area (Å²) in [5, 5.41) is 18.4. The monoisotopic (exact) mass is 368 g/mol. The Morgan fingerprint density at radius 2 is 1.75 bits per heavy atom. The average Bonchev–Trinajstić information content (AvgIpc) is 3.32. The summed E-state index contributed by atoms with van der Waals surface area (Å²) in [4.78, 5) is 8.01. The van der Waals surface area contributed by atoms with Crippen molar-refractivity contribution < 1.29 is 5.11 Å². The number of hydrogen-bond donors (Lipinski definition) is 3. The Kier molecular flexibility index (Phi) is 3.77. The number of aliphatic hydroxyl groups is 1. The normalized spacial score (nSPS) is 11.5. The Balaban J connectivity index is 1.63. The fourth-order valence-electron chi connectivity index (χ4n) is 3.71. The summed E-state index contributed by atoms with van der Waals surface area (Å²) < 4.78 is 0. The second kappa shape index (κ2) is 6.32. The molecule has 5 rings (SSSR count). The topological polar surface area (TPSA) is 77.6 Å². The summed E-state index contributed by atoms with van der Waals surface area (Å²) in [5.41, 5.74) is 9.09. The number of aliphatic hydroxyl groups excluding tert-OH is 1. The highest BCUT2D eigenvalue weighted by Gasteiger charge is 2.14. The lowest BCUT2D eigenvalue weighted by Crippen LogP contribution is -1.93. The van der Waals surface area contributed by atoms with Crippen LogP contribution < -0.4 is 0 Å². The van der Waals surface area contributed by atoms with Gasteiger partial charge in [-0.05, 0) is 65.9 Å². The molecule has 3 N–H and O–H groups in total. The van der Waals surface area contributed by atoms with Gasteiger partial charge in [-0.15, -0.1) is 0 Å². The third kappa shape index (κ3) is 2.60. The Morgan fingerprint density at radius 3 is 2.57 bits per heavy atom. The van der Waals surface area contributed by atoms with Gasteiger partial charge in [0.15, 0.2) is 5.82 Å². The van der Waals surface area contributed by atoms with Gasteiger partial charge in [0.1, 0.15) is 5.69 Å². The molecule has 0 amide bonds. The summed E-state index contributed by atoms with van der Waals surface area (Å²) >= 11 is 0. The van der Waals surface area contributed by atoms with Crippen molar-refractivity contribution in [3.63, 3.8) is 0 Å². The number of para-hydroxylation sites is 2. The highest BCUT2D eigenvalue weighted by molar-refractivity contribution is 5.95. The number of rotatable bonds is 3. The number of nitrogens with zero attached hydrogens (tertiary/aromatic N) is 2. The number of aryl methyl sites for hydroxylation is 2. The molecule has 0 unspecified atom stereocenters. The molecule has 0 saturated heterocycles. The van der Waals surface area contributed by atoms with E-state index in [9.17, 15) is 5.11 Å². The van der Waals surface area contributed by atoms with E-state index in [-0.39, 0.29) is 6.61 Å². The van der Waals surface area contributed by atoms with E-state index in [1.807, 2.05) is 24.3 Å². The van der Waals surface area contributed by atoms with Crippen LogP contribution in [0.5, 0.6) is 0 Å². The van der Waals surface area contributed by atoms with Crippen molar-refractivity contribution in [3.05, 3.63) is 71.3 Å². The molecule has 0 bridgehead atoms. The van der Waals surface area contributed by atoms with Crippen molar-refractivity contribution in [1.29, 1.82) is 0 Å². The minimum absolute atomic E-state index is 0.0156. The number of benzene rings is 3. The van der Waals surface area contributed by atoms with Crippen LogP contribution in [0.1, 0.15) is 16.7 Å². The molecule has 0 aliphatic heterocycles. The third-order valence-corrected chi connectivity index (χ3v) is 5.38. The Bertz CT molecular complexity index is 1300. The first-order chi connectivity index (χ1) is 13.6. The van der Waals surface area contributed by atoms with Crippen LogP contribution >= 0.6 is 0 Å². The van der Waals surface area contributed by atoms with Gasteiger partial charge in [0, 0.05) is 5.39 Å². The van der Waals surface area contributed by atoms with E-state index in [4.69, 9.17) is 0 Å². The molecule has 3 aromatic carbocycles. The van der Waals surface area contributed by atoms with Gasteiger partial charge in [0.25, 0.3) is 0 Å². The lowest BCUT2D eigenvalue weighted by Gasteiger charge is -2.11.